The third kappa shape index (κ3) is 3.55. The summed E-state index contributed by atoms with van der Waals surface area (Å²) in [5.41, 5.74) is 0. The van der Waals surface area contributed by atoms with Gasteiger partial charge in [-0.2, -0.15) is 0 Å². The smallest absolute Gasteiger partial charge is 0.242 e. The zero-order valence-corrected chi connectivity index (χ0v) is 12.6. The first-order valence-corrected chi connectivity index (χ1v) is 8.11. The first-order chi connectivity index (χ1) is 10.2. The lowest BCUT2D eigenvalue weighted by Gasteiger charge is -2.40. The lowest BCUT2D eigenvalue weighted by atomic mass is 9.84. The molecule has 118 valence electrons. The second kappa shape index (κ2) is 6.75. The molecule has 1 unspecified atom stereocenters. The molecule has 6 nitrogen and oxygen atoms in total. The summed E-state index contributed by atoms with van der Waals surface area (Å²) >= 11 is 0. The van der Waals surface area contributed by atoms with Crippen molar-refractivity contribution >= 4 is 11.8 Å². The lowest BCUT2D eigenvalue weighted by molar-refractivity contribution is -0.143. The standard InChI is InChI=1S/C15H25N3O3/c19-14-4-6-17(7-5-16-14)15(20)13-11-21-9-8-18(13)10-12-2-1-3-12/h12-13H,1-11H2,(H,16,19). The molecule has 0 spiro atoms. The monoisotopic (exact) mass is 295 g/mol. The molecular weight excluding hydrogens is 270 g/mol. The Labute approximate surface area is 125 Å². The Hall–Kier alpha value is -1.14. The molecule has 1 aliphatic carbocycles. The van der Waals surface area contributed by atoms with Gasteiger partial charge in [-0.05, 0) is 18.8 Å². The maximum Gasteiger partial charge on any atom is 0.242 e. The fourth-order valence-corrected chi connectivity index (χ4v) is 3.29. The highest BCUT2D eigenvalue weighted by atomic mass is 16.5. The average molecular weight is 295 g/mol. The zero-order chi connectivity index (χ0) is 14.7. The number of nitrogens with zero attached hydrogens (tertiary/aromatic N) is 2. The average Bonchev–Trinajstić information content (AvgIpc) is 2.67. The Balaban J connectivity index is 1.60. The summed E-state index contributed by atoms with van der Waals surface area (Å²) in [5, 5.41) is 2.82. The number of nitrogens with one attached hydrogen (secondary N) is 1. The Kier molecular flexibility index (Phi) is 4.75. The minimum atomic E-state index is -0.160. The van der Waals surface area contributed by atoms with Crippen molar-refractivity contribution < 1.29 is 14.3 Å². The van der Waals surface area contributed by atoms with Gasteiger partial charge in [-0.25, -0.2) is 0 Å². The first-order valence-electron chi connectivity index (χ1n) is 8.11. The predicted molar refractivity (Wildman–Crippen MR) is 77.7 cm³/mol. The van der Waals surface area contributed by atoms with Crippen LogP contribution in [-0.4, -0.2) is 73.6 Å². The molecule has 0 aromatic carbocycles. The Bertz CT molecular complexity index is 398. The molecule has 1 saturated carbocycles. The van der Waals surface area contributed by atoms with E-state index < -0.39 is 0 Å². The largest absolute Gasteiger partial charge is 0.378 e. The molecule has 21 heavy (non-hydrogen) atoms. The number of carbonyl (C=O) groups excluding carboxylic acids is 2. The van der Waals surface area contributed by atoms with Crippen molar-refractivity contribution in [2.75, 3.05) is 45.9 Å². The van der Waals surface area contributed by atoms with Crippen LogP contribution in [0.25, 0.3) is 0 Å². The van der Waals surface area contributed by atoms with Gasteiger partial charge in [0.1, 0.15) is 6.04 Å². The van der Waals surface area contributed by atoms with Crippen LogP contribution in [0.2, 0.25) is 0 Å². The minimum Gasteiger partial charge on any atom is -0.378 e. The number of ether oxygens (including phenoxy) is 1. The summed E-state index contributed by atoms with van der Waals surface area (Å²) in [6, 6.07) is -0.160. The number of hydrogen-bond acceptors (Lipinski definition) is 4. The Morgan fingerprint density at radius 2 is 2.14 bits per heavy atom. The van der Waals surface area contributed by atoms with Crippen molar-refractivity contribution in [1.82, 2.24) is 15.1 Å². The molecular formula is C15H25N3O3. The predicted octanol–water partition coefficient (Wildman–Crippen LogP) is -0.164. The van der Waals surface area contributed by atoms with Crippen LogP contribution in [0.5, 0.6) is 0 Å². The molecule has 2 heterocycles. The van der Waals surface area contributed by atoms with Gasteiger partial charge < -0.3 is 15.0 Å². The molecule has 0 aromatic rings. The molecule has 3 rings (SSSR count). The van der Waals surface area contributed by atoms with Crippen LogP contribution in [0.3, 0.4) is 0 Å². The highest BCUT2D eigenvalue weighted by molar-refractivity contribution is 5.84. The maximum atomic E-state index is 12.8. The van der Waals surface area contributed by atoms with Gasteiger partial charge in [-0.15, -0.1) is 0 Å². The fraction of sp³-hybridized carbons (Fsp3) is 0.867. The normalized spacial score (nSPS) is 28.7. The van der Waals surface area contributed by atoms with Crippen molar-refractivity contribution in [3.63, 3.8) is 0 Å². The van der Waals surface area contributed by atoms with Crippen LogP contribution in [0.15, 0.2) is 0 Å². The second-order valence-corrected chi connectivity index (χ2v) is 6.31. The fourth-order valence-electron chi connectivity index (χ4n) is 3.29. The van der Waals surface area contributed by atoms with Crippen LogP contribution >= 0.6 is 0 Å². The minimum absolute atomic E-state index is 0.0384. The van der Waals surface area contributed by atoms with E-state index in [1.54, 1.807) is 0 Å². The first kappa shape index (κ1) is 14.8. The Morgan fingerprint density at radius 1 is 1.29 bits per heavy atom. The topological polar surface area (TPSA) is 61.9 Å². The van der Waals surface area contributed by atoms with E-state index in [4.69, 9.17) is 4.74 Å². The molecule has 6 heteroatoms. The van der Waals surface area contributed by atoms with E-state index >= 15 is 0 Å². The van der Waals surface area contributed by atoms with E-state index in [9.17, 15) is 9.59 Å². The SMILES string of the molecule is O=C1CCN(C(=O)C2COCCN2CC2CCC2)CCN1. The van der Waals surface area contributed by atoms with Gasteiger partial charge in [0, 0.05) is 39.1 Å². The Morgan fingerprint density at radius 3 is 2.90 bits per heavy atom. The van der Waals surface area contributed by atoms with Crippen molar-refractivity contribution in [2.24, 2.45) is 5.92 Å². The molecule has 2 saturated heterocycles. The van der Waals surface area contributed by atoms with Crippen molar-refractivity contribution in [3.05, 3.63) is 0 Å². The van der Waals surface area contributed by atoms with Crippen LogP contribution in [0, 0.1) is 5.92 Å². The number of amides is 2. The summed E-state index contributed by atoms with van der Waals surface area (Å²) in [5.74, 6) is 0.924. The van der Waals surface area contributed by atoms with E-state index in [1.807, 2.05) is 4.90 Å². The third-order valence-electron chi connectivity index (χ3n) is 4.87. The van der Waals surface area contributed by atoms with Crippen LogP contribution in [0.1, 0.15) is 25.7 Å². The van der Waals surface area contributed by atoms with Crippen LogP contribution in [-0.2, 0) is 14.3 Å². The van der Waals surface area contributed by atoms with Crippen LogP contribution in [0.4, 0.5) is 0 Å². The molecule has 1 atom stereocenters. The summed E-state index contributed by atoms with van der Waals surface area (Å²) in [6.07, 6.45) is 4.32. The van der Waals surface area contributed by atoms with E-state index in [2.05, 4.69) is 10.2 Å². The van der Waals surface area contributed by atoms with Crippen molar-refractivity contribution in [3.8, 4) is 0 Å². The van der Waals surface area contributed by atoms with Crippen LogP contribution < -0.4 is 5.32 Å². The molecule has 1 N–H and O–H groups in total. The molecule has 3 fully saturated rings. The summed E-state index contributed by atoms with van der Waals surface area (Å²) in [4.78, 5) is 28.3. The van der Waals surface area contributed by atoms with Gasteiger partial charge in [0.2, 0.25) is 11.8 Å². The second-order valence-electron chi connectivity index (χ2n) is 6.31. The van der Waals surface area contributed by atoms with E-state index in [1.165, 1.54) is 19.3 Å². The van der Waals surface area contributed by atoms with Gasteiger partial charge in [-0.1, -0.05) is 6.42 Å². The highest BCUT2D eigenvalue weighted by Crippen LogP contribution is 2.28. The lowest BCUT2D eigenvalue weighted by Crippen LogP contribution is -2.56. The summed E-state index contributed by atoms with van der Waals surface area (Å²) in [7, 11) is 0. The molecule has 2 aliphatic heterocycles. The van der Waals surface area contributed by atoms with E-state index in [0.717, 1.165) is 25.6 Å². The third-order valence-corrected chi connectivity index (χ3v) is 4.87. The molecule has 0 radical (unpaired) electrons. The van der Waals surface area contributed by atoms with E-state index in [0.29, 0.717) is 32.7 Å². The van der Waals surface area contributed by atoms with Gasteiger partial charge in [0.25, 0.3) is 0 Å². The van der Waals surface area contributed by atoms with Gasteiger partial charge in [-0.3, -0.25) is 14.5 Å². The quantitative estimate of drug-likeness (QED) is 0.786. The molecule has 0 aromatic heterocycles. The summed E-state index contributed by atoms with van der Waals surface area (Å²) < 4.78 is 5.54. The molecule has 2 amide bonds. The van der Waals surface area contributed by atoms with Gasteiger partial charge >= 0.3 is 0 Å². The molecule has 3 aliphatic rings. The van der Waals surface area contributed by atoms with Gasteiger partial charge in [0.15, 0.2) is 0 Å². The van der Waals surface area contributed by atoms with E-state index in [-0.39, 0.29) is 17.9 Å². The zero-order valence-electron chi connectivity index (χ0n) is 12.6. The number of carbonyl (C=O) groups is 2. The van der Waals surface area contributed by atoms with Crippen molar-refractivity contribution in [1.29, 1.82) is 0 Å². The molecule has 0 bridgehead atoms. The number of morpholine rings is 1. The highest BCUT2D eigenvalue weighted by Gasteiger charge is 2.35. The number of rotatable bonds is 3. The summed E-state index contributed by atoms with van der Waals surface area (Å²) in [6.45, 7) is 4.76. The van der Waals surface area contributed by atoms with Crippen molar-refractivity contribution in [2.45, 2.75) is 31.7 Å². The number of hydrogen-bond donors (Lipinski definition) is 1. The van der Waals surface area contributed by atoms with Gasteiger partial charge in [0.05, 0.1) is 13.2 Å². The maximum absolute atomic E-state index is 12.8.